The van der Waals surface area contributed by atoms with Gasteiger partial charge in [-0.15, -0.1) is 0 Å². The Bertz CT molecular complexity index is 842. The Morgan fingerprint density at radius 2 is 1.64 bits per heavy atom. The zero-order valence-electron chi connectivity index (χ0n) is 15.9. The number of carboxylic acid groups (broad SMARTS) is 1. The fourth-order valence-electron chi connectivity index (χ4n) is 3.42. The molecule has 2 aromatic carbocycles. The van der Waals surface area contributed by atoms with Gasteiger partial charge >= 0.3 is 5.97 Å². The number of carbonyl (C=O) groups excluding carboxylic acids is 1. The molecule has 0 spiro atoms. The number of hydrogen-bond acceptors (Lipinski definition) is 3. The van der Waals surface area contributed by atoms with Gasteiger partial charge in [0.1, 0.15) is 5.82 Å². The van der Waals surface area contributed by atoms with Crippen molar-refractivity contribution in [1.29, 1.82) is 0 Å². The third-order valence-corrected chi connectivity index (χ3v) is 5.04. The number of benzene rings is 2. The van der Waals surface area contributed by atoms with Gasteiger partial charge in [0.2, 0.25) is 0 Å². The highest BCUT2D eigenvalue weighted by Gasteiger charge is 2.27. The van der Waals surface area contributed by atoms with Crippen LogP contribution in [0.1, 0.15) is 77.5 Å². The molecule has 0 aliphatic heterocycles. The Balaban J connectivity index is 2.50. The number of carbonyl (C=O) groups is 2. The average Bonchev–Trinajstić information content (AvgIpc) is 2.66. The molecule has 0 heterocycles. The fourth-order valence-corrected chi connectivity index (χ4v) is 3.54. The molecule has 28 heavy (non-hydrogen) atoms. The third-order valence-electron chi connectivity index (χ3n) is 4.78. The Morgan fingerprint density at radius 3 is 2.14 bits per heavy atom. The second-order valence-electron chi connectivity index (χ2n) is 6.85. The van der Waals surface area contributed by atoms with E-state index in [9.17, 15) is 24.2 Å². The standard InChI is InChI=1S/C22H24ClFO4/c1-3-5-13(6-4-2)20(25)15-11-17(22(27)28)19(18(24)12-15)21(26)14-7-9-16(23)10-8-14/h7-13,20,25H,3-6H2,1-2H3,(H,27,28). The minimum Gasteiger partial charge on any atom is -0.478 e. The van der Waals surface area contributed by atoms with E-state index in [1.807, 2.05) is 13.8 Å². The summed E-state index contributed by atoms with van der Waals surface area (Å²) in [5.74, 6) is -3.23. The highest BCUT2D eigenvalue weighted by molar-refractivity contribution is 6.30. The van der Waals surface area contributed by atoms with Crippen molar-refractivity contribution in [3.8, 4) is 0 Å². The number of hydrogen-bond donors (Lipinski definition) is 2. The van der Waals surface area contributed by atoms with Crippen LogP contribution in [0.25, 0.3) is 0 Å². The highest BCUT2D eigenvalue weighted by atomic mass is 35.5. The summed E-state index contributed by atoms with van der Waals surface area (Å²) in [4.78, 5) is 24.5. The van der Waals surface area contributed by atoms with Crippen molar-refractivity contribution < 1.29 is 24.2 Å². The first-order valence-corrected chi connectivity index (χ1v) is 9.72. The van der Waals surface area contributed by atoms with Crippen LogP contribution in [-0.4, -0.2) is 22.0 Å². The number of aliphatic hydroxyl groups excluding tert-OH is 1. The average molecular weight is 407 g/mol. The molecule has 0 saturated heterocycles. The SMILES string of the molecule is CCCC(CCC)C(O)c1cc(F)c(C(=O)c2ccc(Cl)cc2)c(C(=O)O)c1. The molecule has 2 aromatic rings. The maximum atomic E-state index is 14.9. The van der Waals surface area contributed by atoms with Gasteiger partial charge in [-0.1, -0.05) is 38.3 Å². The maximum Gasteiger partial charge on any atom is 0.336 e. The summed E-state index contributed by atoms with van der Waals surface area (Å²) in [6.45, 7) is 3.99. The van der Waals surface area contributed by atoms with Gasteiger partial charge in [-0.25, -0.2) is 9.18 Å². The summed E-state index contributed by atoms with van der Waals surface area (Å²) in [5, 5.41) is 20.7. The van der Waals surface area contributed by atoms with Crippen LogP contribution in [0, 0.1) is 11.7 Å². The lowest BCUT2D eigenvalue weighted by molar-refractivity contribution is 0.0690. The van der Waals surface area contributed by atoms with Gasteiger partial charge in [0.05, 0.1) is 17.2 Å². The minimum atomic E-state index is -1.42. The predicted molar refractivity (Wildman–Crippen MR) is 107 cm³/mol. The van der Waals surface area contributed by atoms with Gasteiger partial charge in [0.15, 0.2) is 5.78 Å². The molecule has 0 aliphatic rings. The lowest BCUT2D eigenvalue weighted by Crippen LogP contribution is -2.17. The van der Waals surface area contributed by atoms with Gasteiger partial charge in [-0.3, -0.25) is 4.79 Å². The molecule has 2 rings (SSSR count). The summed E-state index contributed by atoms with van der Waals surface area (Å²) < 4.78 is 14.9. The molecular weight excluding hydrogens is 383 g/mol. The Hall–Kier alpha value is -2.24. The van der Waals surface area contributed by atoms with Crippen LogP contribution in [0.15, 0.2) is 36.4 Å². The molecule has 150 valence electrons. The molecule has 0 fully saturated rings. The van der Waals surface area contributed by atoms with Crippen LogP contribution in [0.3, 0.4) is 0 Å². The van der Waals surface area contributed by atoms with Crippen molar-refractivity contribution in [3.63, 3.8) is 0 Å². The second kappa shape index (κ2) is 9.80. The molecule has 2 N–H and O–H groups in total. The molecule has 0 bridgehead atoms. The Kier molecular flexibility index (Phi) is 7.72. The largest absolute Gasteiger partial charge is 0.478 e. The van der Waals surface area contributed by atoms with Gasteiger partial charge in [0.25, 0.3) is 0 Å². The van der Waals surface area contributed by atoms with E-state index in [-0.39, 0.29) is 17.0 Å². The summed E-state index contributed by atoms with van der Waals surface area (Å²) in [7, 11) is 0. The van der Waals surface area contributed by atoms with Crippen molar-refractivity contribution in [2.75, 3.05) is 0 Å². The van der Waals surface area contributed by atoms with E-state index in [2.05, 4.69) is 0 Å². The number of carboxylic acids is 1. The van der Waals surface area contributed by atoms with Crippen molar-refractivity contribution in [3.05, 3.63) is 69.5 Å². The molecular formula is C22H24ClFO4. The molecule has 0 radical (unpaired) electrons. The predicted octanol–water partition coefficient (Wildman–Crippen LogP) is 5.66. The van der Waals surface area contributed by atoms with Crippen molar-refractivity contribution in [2.24, 2.45) is 5.92 Å². The number of ketones is 1. The van der Waals surface area contributed by atoms with E-state index in [0.717, 1.165) is 31.7 Å². The van der Waals surface area contributed by atoms with Crippen LogP contribution < -0.4 is 0 Å². The molecule has 0 aromatic heterocycles. The van der Waals surface area contributed by atoms with E-state index < -0.39 is 34.8 Å². The molecule has 0 saturated carbocycles. The van der Waals surface area contributed by atoms with Crippen LogP contribution in [0.5, 0.6) is 0 Å². The molecule has 1 unspecified atom stereocenters. The fraction of sp³-hybridized carbons (Fsp3) is 0.364. The second-order valence-corrected chi connectivity index (χ2v) is 7.29. The lowest BCUT2D eigenvalue weighted by atomic mass is 9.86. The molecule has 1 atom stereocenters. The lowest BCUT2D eigenvalue weighted by Gasteiger charge is -2.23. The first kappa shape index (κ1) is 22.1. The van der Waals surface area contributed by atoms with Gasteiger partial charge < -0.3 is 10.2 Å². The number of halogens is 2. The first-order chi connectivity index (χ1) is 13.3. The summed E-state index contributed by atoms with van der Waals surface area (Å²) in [6.07, 6.45) is 2.19. The smallest absolute Gasteiger partial charge is 0.336 e. The van der Waals surface area contributed by atoms with Crippen molar-refractivity contribution in [2.45, 2.75) is 45.6 Å². The van der Waals surface area contributed by atoms with Gasteiger partial charge in [0, 0.05) is 10.6 Å². The Morgan fingerprint density at radius 1 is 1.07 bits per heavy atom. The van der Waals surface area contributed by atoms with Crippen LogP contribution >= 0.6 is 11.6 Å². The molecule has 0 amide bonds. The molecule has 6 heteroatoms. The van der Waals surface area contributed by atoms with Crippen molar-refractivity contribution in [1.82, 2.24) is 0 Å². The van der Waals surface area contributed by atoms with Gasteiger partial charge in [-0.05, 0) is 60.7 Å². The van der Waals surface area contributed by atoms with E-state index in [4.69, 9.17) is 11.6 Å². The zero-order valence-corrected chi connectivity index (χ0v) is 16.7. The summed E-state index contributed by atoms with van der Waals surface area (Å²) in [5.41, 5.74) is -0.669. The quantitative estimate of drug-likeness (QED) is 0.527. The first-order valence-electron chi connectivity index (χ1n) is 9.35. The maximum absolute atomic E-state index is 14.9. The van der Waals surface area contributed by atoms with E-state index in [1.165, 1.54) is 30.3 Å². The summed E-state index contributed by atoms with van der Waals surface area (Å²) in [6, 6.07) is 8.06. The Labute approximate surface area is 169 Å². The van der Waals surface area contributed by atoms with Crippen molar-refractivity contribution >= 4 is 23.4 Å². The van der Waals surface area contributed by atoms with Gasteiger partial charge in [-0.2, -0.15) is 0 Å². The van der Waals surface area contributed by atoms with Crippen LogP contribution in [-0.2, 0) is 0 Å². The van der Waals surface area contributed by atoms with Crippen LogP contribution in [0.2, 0.25) is 5.02 Å². The number of rotatable bonds is 9. The third kappa shape index (κ3) is 4.97. The number of aliphatic hydroxyl groups is 1. The highest BCUT2D eigenvalue weighted by Crippen LogP contribution is 2.32. The van der Waals surface area contributed by atoms with E-state index in [0.29, 0.717) is 5.02 Å². The topological polar surface area (TPSA) is 74.6 Å². The minimum absolute atomic E-state index is 0.103. The zero-order chi connectivity index (χ0) is 20.8. The molecule has 4 nitrogen and oxygen atoms in total. The van der Waals surface area contributed by atoms with E-state index in [1.54, 1.807) is 0 Å². The van der Waals surface area contributed by atoms with Crippen LogP contribution in [0.4, 0.5) is 4.39 Å². The normalized spacial score (nSPS) is 12.2. The monoisotopic (exact) mass is 406 g/mol. The van der Waals surface area contributed by atoms with E-state index >= 15 is 0 Å². The number of aromatic carboxylic acids is 1. The molecule has 0 aliphatic carbocycles. The summed E-state index contributed by atoms with van der Waals surface area (Å²) >= 11 is 5.80.